The minimum Gasteiger partial charge on any atom is -0.483 e. The first-order chi connectivity index (χ1) is 12.4. The smallest absolute Gasteiger partial charge is 0.277 e. The molecule has 0 aliphatic heterocycles. The molecule has 0 spiro atoms. The molecule has 26 heavy (non-hydrogen) atoms. The molecule has 0 heterocycles. The van der Waals surface area contributed by atoms with Crippen molar-refractivity contribution in [2.45, 2.75) is 26.7 Å². The monoisotopic (exact) mass is 355 g/mol. The molecule has 0 aliphatic rings. The molecule has 0 aliphatic carbocycles. The lowest BCUT2D eigenvalue weighted by Gasteiger charge is -2.13. The van der Waals surface area contributed by atoms with Gasteiger partial charge in [0.05, 0.1) is 10.6 Å². The van der Waals surface area contributed by atoms with Gasteiger partial charge in [0.25, 0.3) is 11.6 Å². The number of nitro groups is 1. The molecule has 0 saturated heterocycles. The summed E-state index contributed by atoms with van der Waals surface area (Å²) < 4.78 is 5.58. The number of nitro benzene ring substituents is 1. The normalized spacial score (nSPS) is 11.3. The fourth-order valence-electron chi connectivity index (χ4n) is 2.32. The van der Waals surface area contributed by atoms with Crippen LogP contribution >= 0.6 is 0 Å². The Morgan fingerprint density at radius 3 is 2.65 bits per heavy atom. The van der Waals surface area contributed by atoms with E-state index in [0.717, 1.165) is 5.56 Å². The summed E-state index contributed by atoms with van der Waals surface area (Å²) in [5, 5.41) is 14.8. The number of nitrogens with zero attached hydrogens (tertiary/aromatic N) is 2. The lowest BCUT2D eigenvalue weighted by atomic mass is 10.0. The fourth-order valence-corrected chi connectivity index (χ4v) is 2.32. The summed E-state index contributed by atoms with van der Waals surface area (Å²) in [6, 6.07) is 13.6. The van der Waals surface area contributed by atoms with Gasteiger partial charge in [0, 0.05) is 17.7 Å². The Hall–Kier alpha value is -3.22. The third kappa shape index (κ3) is 5.14. The third-order valence-corrected chi connectivity index (χ3v) is 3.72. The summed E-state index contributed by atoms with van der Waals surface area (Å²) in [5.41, 5.74) is 4.42. The van der Waals surface area contributed by atoms with Crippen LogP contribution in [0.1, 0.15) is 37.8 Å². The van der Waals surface area contributed by atoms with Gasteiger partial charge in [0.1, 0.15) is 5.75 Å². The highest BCUT2D eigenvalue weighted by Gasteiger charge is 2.10. The highest BCUT2D eigenvalue weighted by atomic mass is 16.6. The molecule has 0 saturated carbocycles. The Kier molecular flexibility index (Phi) is 6.43. The zero-order chi connectivity index (χ0) is 19.1. The van der Waals surface area contributed by atoms with Crippen LogP contribution in [0, 0.1) is 10.1 Å². The summed E-state index contributed by atoms with van der Waals surface area (Å²) in [6.07, 6.45) is 0. The Balaban J connectivity index is 1.97. The molecule has 7 heteroatoms. The van der Waals surface area contributed by atoms with E-state index in [1.165, 1.54) is 12.1 Å². The maximum Gasteiger partial charge on any atom is 0.277 e. The lowest BCUT2D eigenvalue weighted by molar-refractivity contribution is -0.384. The van der Waals surface area contributed by atoms with E-state index in [2.05, 4.69) is 24.4 Å². The maximum absolute atomic E-state index is 12.0. The van der Waals surface area contributed by atoms with E-state index in [1.54, 1.807) is 19.1 Å². The van der Waals surface area contributed by atoms with Gasteiger partial charge in [-0.1, -0.05) is 44.2 Å². The van der Waals surface area contributed by atoms with Gasteiger partial charge < -0.3 is 4.74 Å². The highest BCUT2D eigenvalue weighted by molar-refractivity contribution is 5.99. The third-order valence-electron chi connectivity index (χ3n) is 3.72. The minimum atomic E-state index is -0.477. The Labute approximate surface area is 151 Å². The van der Waals surface area contributed by atoms with Crippen LogP contribution in [0.3, 0.4) is 0 Å². The van der Waals surface area contributed by atoms with Gasteiger partial charge in [-0.2, -0.15) is 5.10 Å². The number of hydrazone groups is 1. The van der Waals surface area contributed by atoms with E-state index in [-0.39, 0.29) is 18.2 Å². The van der Waals surface area contributed by atoms with E-state index < -0.39 is 10.8 Å². The number of hydrogen-bond acceptors (Lipinski definition) is 5. The highest BCUT2D eigenvalue weighted by Crippen LogP contribution is 2.25. The van der Waals surface area contributed by atoms with Crippen LogP contribution in [0.4, 0.5) is 5.69 Å². The molecule has 2 aromatic rings. The molecule has 1 N–H and O–H groups in total. The van der Waals surface area contributed by atoms with Crippen molar-refractivity contribution in [3.8, 4) is 5.75 Å². The van der Waals surface area contributed by atoms with Crippen LogP contribution in [-0.2, 0) is 4.79 Å². The molecule has 0 fully saturated rings. The standard InChI is InChI=1S/C19H21N3O4/c1-13(2)17-9-4-5-10-18(17)26-12-19(23)21-20-14(3)15-7-6-8-16(11-15)22(24)25/h4-11,13H,12H2,1-3H3,(H,21,23)/b20-14+. The molecule has 2 aromatic carbocycles. The Morgan fingerprint density at radius 1 is 1.23 bits per heavy atom. The molecule has 0 bridgehead atoms. The van der Waals surface area contributed by atoms with E-state index in [9.17, 15) is 14.9 Å². The van der Waals surface area contributed by atoms with Gasteiger partial charge in [0.2, 0.25) is 0 Å². The first-order valence-electron chi connectivity index (χ1n) is 8.18. The van der Waals surface area contributed by atoms with Crippen LogP contribution in [0.15, 0.2) is 53.6 Å². The number of hydrogen-bond donors (Lipinski definition) is 1. The number of amides is 1. The summed E-state index contributed by atoms with van der Waals surface area (Å²) in [6.45, 7) is 5.59. The van der Waals surface area contributed by atoms with E-state index in [1.807, 2.05) is 24.3 Å². The SMILES string of the molecule is C/C(=N\NC(=O)COc1ccccc1C(C)C)c1cccc([N+](=O)[O-])c1. The molecule has 7 nitrogen and oxygen atoms in total. The van der Waals surface area contributed by atoms with Crippen molar-refractivity contribution >= 4 is 17.3 Å². The molecular weight excluding hydrogens is 334 g/mol. The van der Waals surface area contributed by atoms with Crippen molar-refractivity contribution in [3.05, 3.63) is 69.8 Å². The molecule has 1 amide bonds. The van der Waals surface area contributed by atoms with Crippen LogP contribution in [0.5, 0.6) is 5.75 Å². The quantitative estimate of drug-likeness (QED) is 0.466. The van der Waals surface area contributed by atoms with Crippen LogP contribution in [0.25, 0.3) is 0 Å². The van der Waals surface area contributed by atoms with E-state index in [4.69, 9.17) is 4.74 Å². The van der Waals surface area contributed by atoms with Crippen LogP contribution in [0.2, 0.25) is 0 Å². The summed E-state index contributed by atoms with van der Waals surface area (Å²) >= 11 is 0. The molecule has 0 unspecified atom stereocenters. The number of benzene rings is 2. The molecule has 136 valence electrons. The van der Waals surface area contributed by atoms with Crippen LogP contribution < -0.4 is 10.2 Å². The van der Waals surface area contributed by atoms with Gasteiger partial charge in [-0.3, -0.25) is 14.9 Å². The van der Waals surface area contributed by atoms with Crippen molar-refractivity contribution in [2.75, 3.05) is 6.61 Å². The zero-order valence-corrected chi connectivity index (χ0v) is 14.9. The first-order valence-corrected chi connectivity index (χ1v) is 8.18. The number of carbonyl (C=O) groups excluding carboxylic acids is 1. The van der Waals surface area contributed by atoms with Crippen molar-refractivity contribution < 1.29 is 14.5 Å². The maximum atomic E-state index is 12.0. The van der Waals surface area contributed by atoms with Crippen molar-refractivity contribution in [1.29, 1.82) is 0 Å². The van der Waals surface area contributed by atoms with E-state index >= 15 is 0 Å². The van der Waals surface area contributed by atoms with Gasteiger partial charge in [-0.05, 0) is 24.5 Å². The second-order valence-corrected chi connectivity index (χ2v) is 6.02. The number of para-hydroxylation sites is 1. The van der Waals surface area contributed by atoms with Gasteiger partial charge >= 0.3 is 0 Å². The van der Waals surface area contributed by atoms with E-state index in [0.29, 0.717) is 17.0 Å². The Morgan fingerprint density at radius 2 is 1.96 bits per heavy atom. The predicted molar refractivity (Wildman–Crippen MR) is 99.5 cm³/mol. The molecule has 0 atom stereocenters. The van der Waals surface area contributed by atoms with Gasteiger partial charge in [-0.25, -0.2) is 5.43 Å². The molecular formula is C19H21N3O4. The Bertz CT molecular complexity index is 831. The minimum absolute atomic E-state index is 0.0306. The van der Waals surface area contributed by atoms with Crippen molar-refractivity contribution in [3.63, 3.8) is 0 Å². The second kappa shape index (κ2) is 8.75. The number of nitrogens with one attached hydrogen (secondary N) is 1. The molecule has 2 rings (SSSR count). The first kappa shape index (κ1) is 19.1. The molecule has 0 aromatic heterocycles. The number of ether oxygens (including phenoxy) is 1. The average molecular weight is 355 g/mol. The second-order valence-electron chi connectivity index (χ2n) is 6.02. The summed E-state index contributed by atoms with van der Waals surface area (Å²) in [7, 11) is 0. The summed E-state index contributed by atoms with van der Waals surface area (Å²) in [4.78, 5) is 22.3. The van der Waals surface area contributed by atoms with Gasteiger partial charge in [-0.15, -0.1) is 0 Å². The molecule has 0 radical (unpaired) electrons. The van der Waals surface area contributed by atoms with Crippen molar-refractivity contribution in [2.24, 2.45) is 5.10 Å². The summed E-state index contributed by atoms with van der Waals surface area (Å²) in [5.74, 6) is 0.536. The topological polar surface area (TPSA) is 93.8 Å². The number of non-ortho nitro benzene ring substituents is 1. The van der Waals surface area contributed by atoms with Crippen molar-refractivity contribution in [1.82, 2.24) is 5.43 Å². The lowest BCUT2D eigenvalue weighted by Crippen LogP contribution is -2.25. The average Bonchev–Trinajstić information content (AvgIpc) is 2.64. The number of rotatable bonds is 7. The van der Waals surface area contributed by atoms with Crippen LogP contribution in [-0.4, -0.2) is 23.1 Å². The fraction of sp³-hybridized carbons (Fsp3) is 0.263. The predicted octanol–water partition coefficient (Wildman–Crippen LogP) is 3.64. The largest absolute Gasteiger partial charge is 0.483 e. The zero-order valence-electron chi connectivity index (χ0n) is 14.9. The van der Waals surface area contributed by atoms with Gasteiger partial charge in [0.15, 0.2) is 6.61 Å². The number of carbonyl (C=O) groups is 1.